The van der Waals surface area contributed by atoms with Gasteiger partial charge in [-0.25, -0.2) is 4.79 Å². The maximum absolute atomic E-state index is 13.5. The first-order valence-corrected chi connectivity index (χ1v) is 12.2. The minimum absolute atomic E-state index is 0.0347. The molecule has 35 heavy (non-hydrogen) atoms. The quantitative estimate of drug-likeness (QED) is 0.454. The number of aryl methyl sites for hydroxylation is 1. The Hall–Kier alpha value is -3.58. The second kappa shape index (κ2) is 12.2. The van der Waals surface area contributed by atoms with E-state index in [4.69, 9.17) is 9.15 Å². The Morgan fingerprint density at radius 3 is 2.37 bits per heavy atom. The van der Waals surface area contributed by atoms with E-state index in [1.54, 1.807) is 9.80 Å². The largest absolute Gasteiger partial charge is 0.464 e. The van der Waals surface area contributed by atoms with Crippen molar-refractivity contribution in [3.63, 3.8) is 0 Å². The molecule has 0 saturated carbocycles. The van der Waals surface area contributed by atoms with Gasteiger partial charge in [0.25, 0.3) is 0 Å². The molecule has 7 nitrogen and oxygen atoms in total. The first-order valence-electron chi connectivity index (χ1n) is 12.2. The molecular weight excluding hydrogens is 442 g/mol. The molecule has 1 saturated heterocycles. The summed E-state index contributed by atoms with van der Waals surface area (Å²) in [5.41, 5.74) is 1.84. The number of nitrogens with one attached hydrogen (secondary N) is 1. The van der Waals surface area contributed by atoms with Gasteiger partial charge in [-0.1, -0.05) is 48.5 Å². The zero-order valence-corrected chi connectivity index (χ0v) is 20.2. The fourth-order valence-electron chi connectivity index (χ4n) is 4.20. The third-order valence-electron chi connectivity index (χ3n) is 6.10. The highest BCUT2D eigenvalue weighted by Crippen LogP contribution is 2.16. The number of benzene rings is 2. The number of para-hydroxylation sites is 1. The summed E-state index contributed by atoms with van der Waals surface area (Å²) in [5, 5.41) is 2.91. The van der Waals surface area contributed by atoms with E-state index in [1.807, 2.05) is 67.6 Å². The summed E-state index contributed by atoms with van der Waals surface area (Å²) in [6, 6.07) is 22.8. The molecule has 1 aliphatic rings. The van der Waals surface area contributed by atoms with Crippen molar-refractivity contribution < 1.29 is 18.7 Å². The Morgan fingerprint density at radius 2 is 1.71 bits per heavy atom. The van der Waals surface area contributed by atoms with Crippen LogP contribution in [-0.4, -0.2) is 54.1 Å². The smallest absolute Gasteiger partial charge is 0.322 e. The molecular formula is C28H33N3O4. The van der Waals surface area contributed by atoms with Crippen LogP contribution in [0.4, 0.5) is 10.5 Å². The summed E-state index contributed by atoms with van der Waals surface area (Å²) < 4.78 is 11.5. The van der Waals surface area contributed by atoms with Gasteiger partial charge in [0.05, 0.1) is 12.6 Å². The Bertz CT molecular complexity index is 1080. The molecule has 7 heteroatoms. The van der Waals surface area contributed by atoms with E-state index in [2.05, 4.69) is 17.4 Å². The molecule has 1 fully saturated rings. The summed E-state index contributed by atoms with van der Waals surface area (Å²) in [6.45, 7) is 3.79. The first kappa shape index (κ1) is 24.5. The van der Waals surface area contributed by atoms with Crippen LogP contribution in [0.25, 0.3) is 0 Å². The molecule has 1 atom stereocenters. The lowest BCUT2D eigenvalue weighted by molar-refractivity contribution is -0.132. The molecule has 0 spiro atoms. The van der Waals surface area contributed by atoms with Crippen molar-refractivity contribution in [1.82, 2.24) is 9.80 Å². The summed E-state index contributed by atoms with van der Waals surface area (Å²) in [5.74, 6) is 1.40. The summed E-state index contributed by atoms with van der Waals surface area (Å²) >= 11 is 0. The van der Waals surface area contributed by atoms with Crippen LogP contribution in [0.3, 0.4) is 0 Å². The fraction of sp³-hybridized carbons (Fsp3) is 0.357. The minimum atomic E-state index is -0.308. The molecule has 2 aromatic carbocycles. The van der Waals surface area contributed by atoms with Crippen LogP contribution in [0.1, 0.15) is 29.9 Å². The molecule has 3 aromatic rings. The number of nitrogens with zero attached hydrogens (tertiary/aromatic N) is 2. The molecule has 0 aliphatic carbocycles. The first-order chi connectivity index (χ1) is 17.1. The highest BCUT2D eigenvalue weighted by molar-refractivity contribution is 5.92. The zero-order chi connectivity index (χ0) is 24.5. The van der Waals surface area contributed by atoms with Gasteiger partial charge in [-0.2, -0.15) is 0 Å². The van der Waals surface area contributed by atoms with Crippen LogP contribution in [0.5, 0.6) is 0 Å². The van der Waals surface area contributed by atoms with E-state index in [-0.39, 0.29) is 24.6 Å². The molecule has 0 radical (unpaired) electrons. The van der Waals surface area contributed by atoms with Crippen molar-refractivity contribution in [2.45, 2.75) is 38.8 Å². The van der Waals surface area contributed by atoms with Crippen LogP contribution in [0.15, 0.2) is 77.2 Å². The van der Waals surface area contributed by atoms with Gasteiger partial charge in [0, 0.05) is 25.4 Å². The third kappa shape index (κ3) is 7.45. The molecule has 1 N–H and O–H groups in total. The number of furan rings is 1. The predicted octanol–water partition coefficient (Wildman–Crippen LogP) is 4.87. The van der Waals surface area contributed by atoms with E-state index < -0.39 is 0 Å². The lowest BCUT2D eigenvalue weighted by atomic mass is 10.1. The number of carbonyl (C=O) groups excluding carboxylic acids is 2. The summed E-state index contributed by atoms with van der Waals surface area (Å²) in [7, 11) is 0. The minimum Gasteiger partial charge on any atom is -0.464 e. The number of hydrogen-bond acceptors (Lipinski definition) is 4. The average molecular weight is 476 g/mol. The number of amides is 3. The van der Waals surface area contributed by atoms with E-state index in [1.165, 1.54) is 0 Å². The Morgan fingerprint density at radius 1 is 0.971 bits per heavy atom. The lowest BCUT2D eigenvalue weighted by Crippen LogP contribution is -2.47. The van der Waals surface area contributed by atoms with Gasteiger partial charge >= 0.3 is 6.03 Å². The fourth-order valence-corrected chi connectivity index (χ4v) is 4.20. The van der Waals surface area contributed by atoms with Gasteiger partial charge in [0.2, 0.25) is 5.91 Å². The van der Waals surface area contributed by atoms with Crippen LogP contribution in [0.2, 0.25) is 0 Å². The van der Waals surface area contributed by atoms with Crippen molar-refractivity contribution in [2.24, 2.45) is 0 Å². The van der Waals surface area contributed by atoms with Crippen molar-refractivity contribution in [3.05, 3.63) is 89.9 Å². The maximum Gasteiger partial charge on any atom is 0.322 e. The Balaban J connectivity index is 1.47. The lowest BCUT2D eigenvalue weighted by Gasteiger charge is -2.29. The van der Waals surface area contributed by atoms with Gasteiger partial charge in [-0.15, -0.1) is 0 Å². The van der Waals surface area contributed by atoms with Gasteiger partial charge < -0.3 is 24.3 Å². The standard InChI is InChI=1S/C28H33N3O4/c1-22-14-15-26(35-22)20-30(17-16-23-9-4-2-5-10-23)27(32)21-31(19-25-13-8-18-34-25)28(33)29-24-11-6-3-7-12-24/h2-7,9-12,14-15,25H,8,13,16-21H2,1H3,(H,29,33). The molecule has 1 aromatic heterocycles. The van der Waals surface area contributed by atoms with Crippen LogP contribution >= 0.6 is 0 Å². The SMILES string of the molecule is Cc1ccc(CN(CCc2ccccc2)C(=O)CN(CC2CCCO2)C(=O)Nc2ccccc2)o1. The highest BCUT2D eigenvalue weighted by Gasteiger charge is 2.27. The van der Waals surface area contributed by atoms with Gasteiger partial charge in [-0.3, -0.25) is 4.79 Å². The van der Waals surface area contributed by atoms with E-state index >= 15 is 0 Å². The number of hydrogen-bond donors (Lipinski definition) is 1. The van der Waals surface area contributed by atoms with E-state index in [0.29, 0.717) is 38.3 Å². The normalized spacial score (nSPS) is 15.1. The van der Waals surface area contributed by atoms with Crippen LogP contribution in [0, 0.1) is 6.92 Å². The van der Waals surface area contributed by atoms with Gasteiger partial charge in [0.15, 0.2) is 0 Å². The molecule has 3 amide bonds. The van der Waals surface area contributed by atoms with Crippen molar-refractivity contribution >= 4 is 17.6 Å². The Labute approximate surface area is 206 Å². The predicted molar refractivity (Wildman–Crippen MR) is 135 cm³/mol. The number of ether oxygens (including phenoxy) is 1. The highest BCUT2D eigenvalue weighted by atomic mass is 16.5. The number of carbonyl (C=O) groups is 2. The number of rotatable bonds is 10. The van der Waals surface area contributed by atoms with Crippen molar-refractivity contribution in [3.8, 4) is 0 Å². The molecule has 184 valence electrons. The summed E-state index contributed by atoms with van der Waals surface area (Å²) in [6.07, 6.45) is 2.50. The third-order valence-corrected chi connectivity index (χ3v) is 6.10. The number of anilines is 1. The van der Waals surface area contributed by atoms with Crippen molar-refractivity contribution in [2.75, 3.05) is 31.6 Å². The van der Waals surface area contributed by atoms with Crippen LogP contribution < -0.4 is 5.32 Å². The number of urea groups is 1. The molecule has 0 bridgehead atoms. The Kier molecular flexibility index (Phi) is 8.57. The van der Waals surface area contributed by atoms with Crippen molar-refractivity contribution in [1.29, 1.82) is 0 Å². The molecule has 2 heterocycles. The van der Waals surface area contributed by atoms with Gasteiger partial charge in [0.1, 0.15) is 18.1 Å². The zero-order valence-electron chi connectivity index (χ0n) is 20.2. The molecule has 1 aliphatic heterocycles. The molecule has 4 rings (SSSR count). The summed E-state index contributed by atoms with van der Waals surface area (Å²) in [4.78, 5) is 30.0. The monoisotopic (exact) mass is 475 g/mol. The average Bonchev–Trinajstić information content (AvgIpc) is 3.54. The second-order valence-electron chi connectivity index (χ2n) is 8.87. The van der Waals surface area contributed by atoms with E-state index in [9.17, 15) is 9.59 Å². The van der Waals surface area contributed by atoms with Gasteiger partial charge in [-0.05, 0) is 56.0 Å². The molecule has 1 unspecified atom stereocenters. The van der Waals surface area contributed by atoms with Crippen LogP contribution in [-0.2, 0) is 22.5 Å². The second-order valence-corrected chi connectivity index (χ2v) is 8.87. The van der Waals surface area contributed by atoms with E-state index in [0.717, 1.165) is 29.9 Å². The maximum atomic E-state index is 13.5. The topological polar surface area (TPSA) is 75.0 Å².